The van der Waals surface area contributed by atoms with Gasteiger partial charge in [0.05, 0.1) is 0 Å². The number of nitrogens with one attached hydrogen (secondary N) is 2. The highest BCUT2D eigenvalue weighted by Crippen LogP contribution is 2.32. The molecule has 0 fully saturated rings. The minimum Gasteiger partial charge on any atom is -0.356 e. The van der Waals surface area contributed by atoms with E-state index < -0.39 is 10.1 Å². The SMILES string of the molecule is O=S(=O)(O)c1cc(Nc2ccccc2)ccc1-c1ccc(Nc2ccccc2)cc1. The highest BCUT2D eigenvalue weighted by Gasteiger charge is 2.18. The van der Waals surface area contributed by atoms with Crippen LogP contribution in [0.25, 0.3) is 11.1 Å². The lowest BCUT2D eigenvalue weighted by atomic mass is 10.0. The van der Waals surface area contributed by atoms with Crippen LogP contribution in [0.4, 0.5) is 22.7 Å². The van der Waals surface area contributed by atoms with Gasteiger partial charge in [-0.15, -0.1) is 0 Å². The van der Waals surface area contributed by atoms with Gasteiger partial charge < -0.3 is 10.6 Å². The highest BCUT2D eigenvalue weighted by atomic mass is 32.2. The molecule has 0 saturated carbocycles. The predicted molar refractivity (Wildman–Crippen MR) is 121 cm³/mol. The Balaban J connectivity index is 1.64. The van der Waals surface area contributed by atoms with Crippen molar-refractivity contribution in [1.82, 2.24) is 0 Å². The first kappa shape index (κ1) is 19.7. The molecule has 150 valence electrons. The molecule has 0 aliphatic heterocycles. The Bertz CT molecular complexity index is 1240. The van der Waals surface area contributed by atoms with Gasteiger partial charge in [-0.25, -0.2) is 0 Å². The summed E-state index contributed by atoms with van der Waals surface area (Å²) in [6, 6.07) is 31.4. The van der Waals surface area contributed by atoms with Gasteiger partial charge in [0.15, 0.2) is 0 Å². The van der Waals surface area contributed by atoms with Gasteiger partial charge in [-0.1, -0.05) is 54.6 Å². The molecule has 0 radical (unpaired) electrons. The minimum atomic E-state index is -4.41. The lowest BCUT2D eigenvalue weighted by Gasteiger charge is -2.13. The van der Waals surface area contributed by atoms with Gasteiger partial charge in [-0.2, -0.15) is 8.42 Å². The zero-order chi connectivity index (χ0) is 21.0. The number of hydrogen-bond acceptors (Lipinski definition) is 4. The van der Waals surface area contributed by atoms with Crippen LogP contribution in [-0.2, 0) is 10.1 Å². The Morgan fingerprint density at radius 2 is 1.03 bits per heavy atom. The van der Waals surface area contributed by atoms with Crippen LogP contribution in [0.5, 0.6) is 0 Å². The van der Waals surface area contributed by atoms with Gasteiger partial charge in [0.1, 0.15) is 4.90 Å². The van der Waals surface area contributed by atoms with E-state index in [-0.39, 0.29) is 4.90 Å². The van der Waals surface area contributed by atoms with E-state index >= 15 is 0 Å². The van der Waals surface area contributed by atoms with Crippen molar-refractivity contribution in [2.75, 3.05) is 10.6 Å². The van der Waals surface area contributed by atoms with E-state index in [1.807, 2.05) is 84.9 Å². The summed E-state index contributed by atoms with van der Waals surface area (Å²) < 4.78 is 33.9. The third-order valence-corrected chi connectivity index (χ3v) is 5.47. The van der Waals surface area contributed by atoms with Gasteiger partial charge in [0, 0.05) is 28.3 Å². The third kappa shape index (κ3) is 4.68. The summed E-state index contributed by atoms with van der Waals surface area (Å²) in [4.78, 5) is -0.146. The summed E-state index contributed by atoms with van der Waals surface area (Å²) in [5.74, 6) is 0. The van der Waals surface area contributed by atoms with Crippen molar-refractivity contribution in [2.45, 2.75) is 4.90 Å². The first-order valence-corrected chi connectivity index (χ1v) is 10.8. The molecule has 0 atom stereocenters. The summed E-state index contributed by atoms with van der Waals surface area (Å²) in [7, 11) is -4.41. The lowest BCUT2D eigenvalue weighted by molar-refractivity contribution is 0.483. The Kier molecular flexibility index (Phi) is 5.52. The minimum absolute atomic E-state index is 0.146. The summed E-state index contributed by atoms with van der Waals surface area (Å²) in [5, 5.41) is 6.43. The molecule has 4 rings (SSSR count). The second-order valence-corrected chi connectivity index (χ2v) is 8.14. The van der Waals surface area contributed by atoms with Gasteiger partial charge in [-0.3, -0.25) is 4.55 Å². The molecule has 0 saturated heterocycles. The van der Waals surface area contributed by atoms with E-state index in [0.29, 0.717) is 16.8 Å². The fraction of sp³-hybridized carbons (Fsp3) is 0. The summed E-state index contributed by atoms with van der Waals surface area (Å²) in [5.41, 5.74) is 4.35. The molecule has 0 bridgehead atoms. The number of rotatable bonds is 6. The monoisotopic (exact) mass is 416 g/mol. The van der Waals surface area contributed by atoms with Crippen molar-refractivity contribution in [3.8, 4) is 11.1 Å². The van der Waals surface area contributed by atoms with E-state index in [0.717, 1.165) is 17.1 Å². The van der Waals surface area contributed by atoms with Crippen molar-refractivity contribution in [3.63, 3.8) is 0 Å². The molecule has 0 unspecified atom stereocenters. The summed E-state index contributed by atoms with van der Waals surface area (Å²) in [6.45, 7) is 0. The van der Waals surface area contributed by atoms with Crippen LogP contribution in [0.2, 0.25) is 0 Å². The molecule has 5 nitrogen and oxygen atoms in total. The lowest BCUT2D eigenvalue weighted by Crippen LogP contribution is -2.02. The molecule has 0 spiro atoms. The van der Waals surface area contributed by atoms with Crippen molar-refractivity contribution < 1.29 is 13.0 Å². The van der Waals surface area contributed by atoms with Gasteiger partial charge in [0.2, 0.25) is 0 Å². The smallest absolute Gasteiger partial charge is 0.295 e. The molecule has 0 aliphatic rings. The van der Waals surface area contributed by atoms with Crippen molar-refractivity contribution in [1.29, 1.82) is 0 Å². The van der Waals surface area contributed by atoms with E-state index in [9.17, 15) is 13.0 Å². The molecule has 0 heterocycles. The molecule has 0 aromatic heterocycles. The van der Waals surface area contributed by atoms with Gasteiger partial charge >= 0.3 is 0 Å². The zero-order valence-corrected chi connectivity index (χ0v) is 16.8. The first-order chi connectivity index (χ1) is 14.5. The molecule has 0 aliphatic carbocycles. The maximum absolute atomic E-state index is 12.1. The van der Waals surface area contributed by atoms with Crippen molar-refractivity contribution in [3.05, 3.63) is 103 Å². The van der Waals surface area contributed by atoms with Crippen LogP contribution in [0.3, 0.4) is 0 Å². The number of benzene rings is 4. The van der Waals surface area contributed by atoms with E-state index in [2.05, 4.69) is 10.6 Å². The van der Waals surface area contributed by atoms with Crippen LogP contribution in [0, 0.1) is 0 Å². The highest BCUT2D eigenvalue weighted by molar-refractivity contribution is 7.86. The molecular weight excluding hydrogens is 396 g/mol. The standard InChI is InChI=1S/C24H20N2O3S/c27-30(28,29)24-17-22(26-20-9-5-2-6-10-20)15-16-23(24)18-11-13-21(14-12-18)25-19-7-3-1-4-8-19/h1-17,25-26H,(H,27,28,29). The van der Waals surface area contributed by atoms with E-state index in [4.69, 9.17) is 0 Å². The van der Waals surface area contributed by atoms with Gasteiger partial charge in [-0.05, 0) is 54.1 Å². The molecule has 0 amide bonds. The molecular formula is C24H20N2O3S. The fourth-order valence-corrected chi connectivity index (χ4v) is 3.90. The zero-order valence-electron chi connectivity index (χ0n) is 16.0. The second-order valence-electron chi connectivity index (χ2n) is 6.75. The Labute approximate surface area is 175 Å². The van der Waals surface area contributed by atoms with Crippen LogP contribution in [0.15, 0.2) is 108 Å². The second kappa shape index (κ2) is 8.41. The number of para-hydroxylation sites is 2. The van der Waals surface area contributed by atoms with Crippen molar-refractivity contribution >= 4 is 32.9 Å². The third-order valence-electron chi connectivity index (χ3n) is 4.58. The van der Waals surface area contributed by atoms with Crippen molar-refractivity contribution in [2.24, 2.45) is 0 Å². The number of anilines is 4. The number of hydrogen-bond donors (Lipinski definition) is 3. The average Bonchev–Trinajstić information content (AvgIpc) is 2.75. The topological polar surface area (TPSA) is 78.4 Å². The van der Waals surface area contributed by atoms with E-state index in [1.54, 1.807) is 12.1 Å². The quantitative estimate of drug-likeness (QED) is 0.332. The van der Waals surface area contributed by atoms with Crippen LogP contribution >= 0.6 is 0 Å². The molecule has 4 aromatic rings. The Morgan fingerprint density at radius 3 is 1.57 bits per heavy atom. The molecule has 4 aromatic carbocycles. The largest absolute Gasteiger partial charge is 0.356 e. The summed E-state index contributed by atoms with van der Waals surface area (Å²) >= 11 is 0. The van der Waals surface area contributed by atoms with Crippen LogP contribution < -0.4 is 10.6 Å². The fourth-order valence-electron chi connectivity index (χ4n) is 3.16. The maximum Gasteiger partial charge on any atom is 0.295 e. The normalized spacial score (nSPS) is 11.1. The Morgan fingerprint density at radius 1 is 0.567 bits per heavy atom. The van der Waals surface area contributed by atoms with Crippen LogP contribution in [-0.4, -0.2) is 13.0 Å². The van der Waals surface area contributed by atoms with Gasteiger partial charge in [0.25, 0.3) is 10.1 Å². The van der Waals surface area contributed by atoms with E-state index in [1.165, 1.54) is 6.07 Å². The average molecular weight is 417 g/mol. The maximum atomic E-state index is 12.1. The van der Waals surface area contributed by atoms with Crippen LogP contribution in [0.1, 0.15) is 0 Å². The molecule has 6 heteroatoms. The molecule has 30 heavy (non-hydrogen) atoms. The predicted octanol–water partition coefficient (Wildman–Crippen LogP) is 6.09. The Hall–Kier alpha value is -3.61. The first-order valence-electron chi connectivity index (χ1n) is 9.35. The summed E-state index contributed by atoms with van der Waals surface area (Å²) in [6.07, 6.45) is 0. The molecule has 3 N–H and O–H groups in total.